The molecular weight excluding hydrogens is 1150 g/mol. The van der Waals surface area contributed by atoms with Crippen LogP contribution in [0.5, 0.6) is 0 Å². The fraction of sp³-hybridized carbons (Fsp3) is 0.798. The summed E-state index contributed by atoms with van der Waals surface area (Å²) in [4.78, 5) is 37.6. The molecule has 9 heteroatoms. The Hall–Kier alpha value is -3.53. The van der Waals surface area contributed by atoms with Gasteiger partial charge >= 0.3 is 11.9 Å². The van der Waals surface area contributed by atoms with E-state index in [0.29, 0.717) is 23.9 Å². The minimum Gasteiger partial charge on any atom is -0.545 e. The SMILES string of the molecule is CC/C=C\C/C=C\C/C=C\C/C=C\C/C=C\C/C=C\CCCCCCCCCCCCCCCCCCC(=O)OC(COC(=O)CCCCCCCCCCCCCCCCCCCCCCC/C=C\CCCCCCCCCC)COC(OCC[N+](C)(C)C)C(=O)[O-]. The standard InChI is InChI=1S/C84H151NO8/c1-6-8-10-12-14-16-18-20-22-24-26-28-30-32-34-36-38-40-41-43-45-47-49-51-53-55-57-59-61-63-65-67-69-71-73-75-82(87)93-80(79-92-84(83(88)89)90-77-76-85(3,4)5)78-91-81(86)74-72-70-68-66-64-62-60-58-56-54-52-50-48-46-44-42-39-37-35-33-31-29-27-25-23-21-19-17-15-13-11-9-7-2/h8,10,14,16,20,22,25-28,32,34,38,40,80,84H,6-7,9,11-13,15,17-19,21,23-24,29-31,33,35-37,39,41-79H2,1-5H3/b10-8-,16-14-,22-20-,27-25-,28-26-,34-32-,40-38-. The molecular formula is C84H151NO8. The van der Waals surface area contributed by atoms with E-state index >= 15 is 0 Å². The number of allylic oxidation sites excluding steroid dienone is 14. The van der Waals surface area contributed by atoms with Gasteiger partial charge < -0.3 is 33.3 Å². The third kappa shape index (κ3) is 75.7. The normalized spacial score (nSPS) is 13.1. The predicted molar refractivity (Wildman–Crippen MR) is 398 cm³/mol. The number of aliphatic carboxylic acids is 1. The summed E-state index contributed by atoms with van der Waals surface area (Å²) in [6, 6.07) is 0. The Morgan fingerprint density at radius 3 is 0.925 bits per heavy atom. The third-order valence-electron chi connectivity index (χ3n) is 17.6. The molecule has 2 unspecified atom stereocenters. The maximum Gasteiger partial charge on any atom is 0.306 e. The van der Waals surface area contributed by atoms with Gasteiger partial charge in [0.05, 0.1) is 40.3 Å². The zero-order chi connectivity index (χ0) is 67.5. The van der Waals surface area contributed by atoms with E-state index in [1.54, 1.807) is 0 Å². The second-order valence-electron chi connectivity index (χ2n) is 28.0. The Labute approximate surface area is 576 Å². The molecule has 0 aromatic rings. The molecule has 0 heterocycles. The zero-order valence-electron chi connectivity index (χ0n) is 61.9. The molecule has 540 valence electrons. The highest BCUT2D eigenvalue weighted by Crippen LogP contribution is 2.19. The highest BCUT2D eigenvalue weighted by atomic mass is 16.7. The van der Waals surface area contributed by atoms with E-state index in [9.17, 15) is 19.5 Å². The first kappa shape index (κ1) is 89.5. The number of carboxylic acids is 1. The molecule has 0 saturated heterocycles. The van der Waals surface area contributed by atoms with Gasteiger partial charge in [0.1, 0.15) is 13.2 Å². The Morgan fingerprint density at radius 1 is 0.333 bits per heavy atom. The first-order valence-electron chi connectivity index (χ1n) is 39.7. The van der Waals surface area contributed by atoms with Gasteiger partial charge in [-0.1, -0.05) is 356 Å². The van der Waals surface area contributed by atoms with Gasteiger partial charge in [-0.3, -0.25) is 9.59 Å². The van der Waals surface area contributed by atoms with Gasteiger partial charge in [-0.15, -0.1) is 0 Å². The lowest BCUT2D eigenvalue weighted by Gasteiger charge is -2.26. The van der Waals surface area contributed by atoms with E-state index in [4.69, 9.17) is 18.9 Å². The van der Waals surface area contributed by atoms with Gasteiger partial charge in [-0.2, -0.15) is 0 Å². The van der Waals surface area contributed by atoms with Crippen molar-refractivity contribution in [3.8, 4) is 0 Å². The van der Waals surface area contributed by atoms with Crippen LogP contribution in [0.1, 0.15) is 373 Å². The van der Waals surface area contributed by atoms with Gasteiger partial charge in [0.2, 0.25) is 0 Å². The summed E-state index contributed by atoms with van der Waals surface area (Å²) in [7, 11) is 5.95. The summed E-state index contributed by atoms with van der Waals surface area (Å²) in [6.07, 6.45) is 98.5. The van der Waals surface area contributed by atoms with Gasteiger partial charge in [0, 0.05) is 12.8 Å². The second-order valence-corrected chi connectivity index (χ2v) is 28.0. The van der Waals surface area contributed by atoms with Crippen LogP contribution in [-0.2, 0) is 33.3 Å². The highest BCUT2D eigenvalue weighted by molar-refractivity contribution is 5.70. The molecule has 0 aromatic carbocycles. The van der Waals surface area contributed by atoms with Crippen LogP contribution in [0, 0.1) is 0 Å². The molecule has 0 aliphatic rings. The Kier molecular flexibility index (Phi) is 71.4. The van der Waals surface area contributed by atoms with Gasteiger partial charge in [0.25, 0.3) is 0 Å². The molecule has 2 atom stereocenters. The number of rotatable bonds is 74. The van der Waals surface area contributed by atoms with Crippen LogP contribution in [0.25, 0.3) is 0 Å². The van der Waals surface area contributed by atoms with Crippen molar-refractivity contribution in [1.29, 1.82) is 0 Å². The quantitative estimate of drug-likeness (QED) is 0.0195. The van der Waals surface area contributed by atoms with Crippen molar-refractivity contribution in [3.63, 3.8) is 0 Å². The number of hydrogen-bond donors (Lipinski definition) is 0. The fourth-order valence-corrected chi connectivity index (χ4v) is 11.6. The fourth-order valence-electron chi connectivity index (χ4n) is 11.6. The maximum atomic E-state index is 13.0. The largest absolute Gasteiger partial charge is 0.545 e. The minimum absolute atomic E-state index is 0.148. The molecule has 0 spiro atoms. The third-order valence-corrected chi connectivity index (χ3v) is 17.6. The van der Waals surface area contributed by atoms with Gasteiger partial charge in [-0.05, 0) is 89.9 Å². The van der Waals surface area contributed by atoms with Gasteiger partial charge in [0.15, 0.2) is 12.4 Å². The molecule has 0 aromatic heterocycles. The predicted octanol–water partition coefficient (Wildman–Crippen LogP) is 24.0. The van der Waals surface area contributed by atoms with Crippen molar-refractivity contribution >= 4 is 17.9 Å². The number of likely N-dealkylation sites (N-methyl/N-ethyl adjacent to an activating group) is 1. The molecule has 0 bridgehead atoms. The van der Waals surface area contributed by atoms with Crippen LogP contribution in [-0.4, -0.2) is 82.3 Å². The number of carbonyl (C=O) groups excluding carboxylic acids is 3. The number of ether oxygens (including phenoxy) is 4. The average Bonchev–Trinajstić information content (AvgIpc) is 3.74. The summed E-state index contributed by atoms with van der Waals surface area (Å²) in [5.74, 6) is -2.26. The summed E-state index contributed by atoms with van der Waals surface area (Å²) in [5, 5.41) is 11.9. The molecule has 0 radical (unpaired) electrons. The Morgan fingerprint density at radius 2 is 0.613 bits per heavy atom. The van der Waals surface area contributed by atoms with Crippen molar-refractivity contribution in [1.82, 2.24) is 0 Å². The van der Waals surface area contributed by atoms with Crippen LogP contribution in [0.2, 0.25) is 0 Å². The van der Waals surface area contributed by atoms with Crippen molar-refractivity contribution in [2.75, 3.05) is 47.5 Å². The molecule has 0 aliphatic carbocycles. The zero-order valence-corrected chi connectivity index (χ0v) is 61.9. The van der Waals surface area contributed by atoms with Crippen LogP contribution in [0.4, 0.5) is 0 Å². The van der Waals surface area contributed by atoms with E-state index in [-0.39, 0.29) is 32.2 Å². The van der Waals surface area contributed by atoms with Crippen LogP contribution >= 0.6 is 0 Å². The number of carboxylic acid groups (broad SMARTS) is 1. The molecule has 0 amide bonds. The number of nitrogens with zero attached hydrogens (tertiary/aromatic N) is 1. The average molecular weight is 1300 g/mol. The van der Waals surface area contributed by atoms with E-state index in [2.05, 4.69) is 98.9 Å². The van der Waals surface area contributed by atoms with Crippen molar-refractivity contribution in [2.24, 2.45) is 0 Å². The van der Waals surface area contributed by atoms with Crippen molar-refractivity contribution in [3.05, 3.63) is 85.1 Å². The molecule has 0 rings (SSSR count). The maximum absolute atomic E-state index is 13.0. The Bertz CT molecular complexity index is 1810. The molecule has 0 N–H and O–H groups in total. The summed E-state index contributed by atoms with van der Waals surface area (Å²) in [6.45, 7) is 4.69. The van der Waals surface area contributed by atoms with Crippen LogP contribution in [0.15, 0.2) is 85.1 Å². The number of esters is 2. The first-order valence-corrected chi connectivity index (χ1v) is 39.7. The smallest absolute Gasteiger partial charge is 0.306 e. The number of quaternary nitrogens is 1. The number of unbranched alkanes of at least 4 members (excludes halogenated alkanes) is 45. The van der Waals surface area contributed by atoms with Crippen molar-refractivity contribution in [2.45, 2.75) is 386 Å². The second kappa shape index (κ2) is 74.3. The topological polar surface area (TPSA) is 111 Å². The van der Waals surface area contributed by atoms with Gasteiger partial charge in [-0.25, -0.2) is 0 Å². The monoisotopic (exact) mass is 1300 g/mol. The van der Waals surface area contributed by atoms with E-state index in [1.165, 1.54) is 270 Å². The Balaban J connectivity index is 4.01. The number of hydrogen-bond acceptors (Lipinski definition) is 8. The summed E-state index contributed by atoms with van der Waals surface area (Å²) < 4.78 is 22.9. The number of carbonyl (C=O) groups is 3. The lowest BCUT2D eigenvalue weighted by molar-refractivity contribution is -0.870. The molecule has 0 aliphatic heterocycles. The molecule has 9 nitrogen and oxygen atoms in total. The lowest BCUT2D eigenvalue weighted by Crippen LogP contribution is -2.44. The van der Waals surface area contributed by atoms with E-state index in [0.717, 1.165) is 70.6 Å². The van der Waals surface area contributed by atoms with Crippen LogP contribution in [0.3, 0.4) is 0 Å². The van der Waals surface area contributed by atoms with Crippen LogP contribution < -0.4 is 5.11 Å². The lowest BCUT2D eigenvalue weighted by atomic mass is 10.0. The van der Waals surface area contributed by atoms with E-state index in [1.807, 2.05) is 21.1 Å². The van der Waals surface area contributed by atoms with Crippen molar-refractivity contribution < 1.29 is 42.9 Å². The minimum atomic E-state index is -1.62. The summed E-state index contributed by atoms with van der Waals surface area (Å²) in [5.41, 5.74) is 0. The molecule has 93 heavy (non-hydrogen) atoms. The van der Waals surface area contributed by atoms with E-state index < -0.39 is 24.3 Å². The highest BCUT2D eigenvalue weighted by Gasteiger charge is 2.22. The molecule has 0 fully saturated rings. The first-order chi connectivity index (χ1) is 45.6. The molecule has 0 saturated carbocycles. The summed E-state index contributed by atoms with van der Waals surface area (Å²) >= 11 is 0.